The predicted molar refractivity (Wildman–Crippen MR) is 88.5 cm³/mol. The van der Waals surface area contributed by atoms with Crippen molar-refractivity contribution < 1.29 is 9.90 Å². The molecule has 1 aliphatic carbocycles. The molecule has 3 nitrogen and oxygen atoms in total. The maximum atomic E-state index is 11.9. The van der Waals surface area contributed by atoms with Crippen LogP contribution >= 0.6 is 23.2 Å². The highest BCUT2D eigenvalue weighted by Crippen LogP contribution is 2.38. The second-order valence-corrected chi connectivity index (χ2v) is 7.23. The van der Waals surface area contributed by atoms with Crippen LogP contribution in [0.5, 0.6) is 5.75 Å². The first-order valence-corrected chi connectivity index (χ1v) is 8.77. The van der Waals surface area contributed by atoms with Crippen molar-refractivity contribution in [3.63, 3.8) is 0 Å². The molecule has 1 heterocycles. The van der Waals surface area contributed by atoms with Crippen LogP contribution in [0, 0.1) is 5.92 Å². The van der Waals surface area contributed by atoms with E-state index in [9.17, 15) is 9.90 Å². The van der Waals surface area contributed by atoms with Crippen LogP contribution < -0.4 is 0 Å². The van der Waals surface area contributed by atoms with Gasteiger partial charge in [0, 0.05) is 24.0 Å². The van der Waals surface area contributed by atoms with Gasteiger partial charge in [-0.2, -0.15) is 0 Å². The van der Waals surface area contributed by atoms with Gasteiger partial charge >= 0.3 is 0 Å². The average Bonchev–Trinajstić information content (AvgIpc) is 2.94. The summed E-state index contributed by atoms with van der Waals surface area (Å²) in [5.41, 5.74) is 0.835. The largest absolute Gasteiger partial charge is 0.506 e. The lowest BCUT2D eigenvalue weighted by Crippen LogP contribution is -2.39. The summed E-state index contributed by atoms with van der Waals surface area (Å²) < 4.78 is 0. The van der Waals surface area contributed by atoms with Crippen LogP contribution in [0.4, 0.5) is 0 Å². The highest BCUT2D eigenvalue weighted by molar-refractivity contribution is 6.36. The summed E-state index contributed by atoms with van der Waals surface area (Å²) in [6.45, 7) is 0.907. The van der Waals surface area contributed by atoms with E-state index >= 15 is 0 Å². The van der Waals surface area contributed by atoms with Crippen LogP contribution in [0.2, 0.25) is 10.0 Å². The van der Waals surface area contributed by atoms with Gasteiger partial charge in [-0.1, -0.05) is 29.6 Å². The summed E-state index contributed by atoms with van der Waals surface area (Å²) in [4.78, 5) is 14.0. The monoisotopic (exact) mass is 341 g/mol. The number of halogens is 2. The highest BCUT2D eigenvalue weighted by atomic mass is 35.5. The zero-order valence-electron chi connectivity index (χ0n) is 12.5. The van der Waals surface area contributed by atoms with E-state index in [0.717, 1.165) is 50.6 Å². The molecular weight excluding hydrogens is 321 g/mol. The number of carbonyl (C=O) groups excluding carboxylic acids is 1. The van der Waals surface area contributed by atoms with Gasteiger partial charge in [0.15, 0.2) is 0 Å². The predicted octanol–water partition coefficient (Wildman–Crippen LogP) is 4.42. The first-order valence-electron chi connectivity index (χ1n) is 8.01. The fraction of sp³-hybridized carbons (Fsp3) is 0.588. The number of phenolic OH excluding ortho intramolecular Hbond substituents is 1. The molecule has 1 saturated carbocycles. The second-order valence-electron chi connectivity index (χ2n) is 6.44. The summed E-state index contributed by atoms with van der Waals surface area (Å²) in [5, 5.41) is 10.8. The summed E-state index contributed by atoms with van der Waals surface area (Å²) in [6.07, 6.45) is 6.83. The lowest BCUT2D eigenvalue weighted by Gasteiger charge is -2.35. The van der Waals surface area contributed by atoms with E-state index in [0.29, 0.717) is 34.3 Å². The van der Waals surface area contributed by atoms with E-state index in [-0.39, 0.29) is 5.75 Å². The fourth-order valence-electron chi connectivity index (χ4n) is 3.85. The quantitative estimate of drug-likeness (QED) is 0.883. The van der Waals surface area contributed by atoms with Gasteiger partial charge in [-0.05, 0) is 55.7 Å². The molecule has 2 atom stereocenters. The van der Waals surface area contributed by atoms with Crippen molar-refractivity contribution >= 4 is 29.1 Å². The zero-order chi connectivity index (χ0) is 15.7. The summed E-state index contributed by atoms with van der Waals surface area (Å²) in [6, 6.07) is 3.59. The molecule has 0 spiro atoms. The SMILES string of the molecule is O=C1CCCN1C1CCCC(Cc2c(Cl)ccc(O)c2Cl)C1. The molecule has 120 valence electrons. The van der Waals surface area contributed by atoms with E-state index in [2.05, 4.69) is 4.90 Å². The summed E-state index contributed by atoms with van der Waals surface area (Å²) in [5.74, 6) is 0.853. The molecule has 0 radical (unpaired) electrons. The van der Waals surface area contributed by atoms with Crippen molar-refractivity contribution in [2.45, 2.75) is 51.0 Å². The van der Waals surface area contributed by atoms with Crippen molar-refractivity contribution in [2.75, 3.05) is 6.54 Å². The van der Waals surface area contributed by atoms with E-state index in [1.807, 2.05) is 0 Å². The number of hydrogen-bond donors (Lipinski definition) is 1. The number of benzene rings is 1. The Morgan fingerprint density at radius 1 is 1.23 bits per heavy atom. The molecule has 22 heavy (non-hydrogen) atoms. The Morgan fingerprint density at radius 3 is 2.77 bits per heavy atom. The van der Waals surface area contributed by atoms with Crippen LogP contribution in [-0.4, -0.2) is 28.5 Å². The number of aromatic hydroxyl groups is 1. The van der Waals surface area contributed by atoms with E-state index in [1.165, 1.54) is 6.07 Å². The number of hydrogen-bond acceptors (Lipinski definition) is 2. The van der Waals surface area contributed by atoms with Crippen molar-refractivity contribution in [2.24, 2.45) is 5.92 Å². The maximum Gasteiger partial charge on any atom is 0.222 e. The molecule has 0 aromatic heterocycles. The van der Waals surface area contributed by atoms with Crippen LogP contribution in [0.15, 0.2) is 12.1 Å². The van der Waals surface area contributed by atoms with Gasteiger partial charge in [0.05, 0.1) is 5.02 Å². The number of amides is 1. The lowest BCUT2D eigenvalue weighted by molar-refractivity contribution is -0.130. The Bertz CT molecular complexity index is 576. The standard InChI is InChI=1S/C17H21Cl2NO2/c18-14-6-7-15(21)17(19)13(14)10-11-3-1-4-12(9-11)20-8-2-5-16(20)22/h6-7,11-12,21H,1-5,8-10H2. The van der Waals surface area contributed by atoms with Crippen molar-refractivity contribution in [3.8, 4) is 5.75 Å². The summed E-state index contributed by atoms with van der Waals surface area (Å²) in [7, 11) is 0. The minimum Gasteiger partial charge on any atom is -0.506 e. The summed E-state index contributed by atoms with van der Waals surface area (Å²) >= 11 is 12.5. The normalized spacial score (nSPS) is 25.7. The van der Waals surface area contributed by atoms with Gasteiger partial charge in [-0.25, -0.2) is 0 Å². The van der Waals surface area contributed by atoms with Gasteiger partial charge in [0.1, 0.15) is 5.75 Å². The van der Waals surface area contributed by atoms with Crippen molar-refractivity contribution in [1.29, 1.82) is 0 Å². The minimum absolute atomic E-state index is 0.0862. The average molecular weight is 342 g/mol. The zero-order valence-corrected chi connectivity index (χ0v) is 14.0. The Balaban J connectivity index is 1.71. The molecule has 3 rings (SSSR count). The molecule has 1 aromatic carbocycles. The third-order valence-electron chi connectivity index (χ3n) is 4.96. The Morgan fingerprint density at radius 2 is 2.05 bits per heavy atom. The Labute approximate surface area is 141 Å². The van der Waals surface area contributed by atoms with Gasteiger partial charge in [0.2, 0.25) is 5.91 Å². The van der Waals surface area contributed by atoms with Crippen molar-refractivity contribution in [1.82, 2.24) is 4.90 Å². The topological polar surface area (TPSA) is 40.5 Å². The number of carbonyl (C=O) groups is 1. The molecule has 1 amide bonds. The molecule has 5 heteroatoms. The van der Waals surface area contributed by atoms with E-state index in [1.54, 1.807) is 6.07 Å². The lowest BCUT2D eigenvalue weighted by atomic mass is 9.81. The van der Waals surface area contributed by atoms with Gasteiger partial charge < -0.3 is 10.0 Å². The molecule has 0 bridgehead atoms. The molecule has 1 aliphatic heterocycles. The van der Waals surface area contributed by atoms with Gasteiger partial charge in [-0.3, -0.25) is 4.79 Å². The van der Waals surface area contributed by atoms with Crippen LogP contribution in [0.25, 0.3) is 0 Å². The molecule has 1 aromatic rings. The Hall–Kier alpha value is -0.930. The minimum atomic E-state index is 0.0862. The second kappa shape index (κ2) is 6.67. The van der Waals surface area contributed by atoms with Crippen LogP contribution in [0.3, 0.4) is 0 Å². The Kier molecular flexibility index (Phi) is 4.84. The number of phenols is 1. The molecule has 2 fully saturated rings. The molecule has 1 N–H and O–H groups in total. The smallest absolute Gasteiger partial charge is 0.222 e. The number of nitrogens with zero attached hydrogens (tertiary/aromatic N) is 1. The van der Waals surface area contributed by atoms with Crippen LogP contribution in [-0.2, 0) is 11.2 Å². The van der Waals surface area contributed by atoms with Crippen LogP contribution in [0.1, 0.15) is 44.1 Å². The highest BCUT2D eigenvalue weighted by Gasteiger charge is 2.32. The first-order chi connectivity index (χ1) is 10.6. The van der Waals surface area contributed by atoms with Crippen molar-refractivity contribution in [3.05, 3.63) is 27.7 Å². The van der Waals surface area contributed by atoms with Gasteiger partial charge in [0.25, 0.3) is 0 Å². The number of likely N-dealkylation sites (tertiary alicyclic amines) is 1. The molecule has 2 unspecified atom stereocenters. The maximum absolute atomic E-state index is 11.9. The molecular formula is C17H21Cl2NO2. The molecule has 2 aliphatic rings. The first kappa shape index (κ1) is 15.9. The fourth-order valence-corrected chi connectivity index (χ4v) is 4.37. The number of rotatable bonds is 3. The third-order valence-corrected chi connectivity index (χ3v) is 5.74. The van der Waals surface area contributed by atoms with E-state index in [4.69, 9.17) is 23.2 Å². The van der Waals surface area contributed by atoms with Gasteiger partial charge in [-0.15, -0.1) is 0 Å². The third kappa shape index (κ3) is 3.21. The molecule has 1 saturated heterocycles. The van der Waals surface area contributed by atoms with E-state index < -0.39 is 0 Å².